The summed E-state index contributed by atoms with van der Waals surface area (Å²) in [5, 5.41) is 5.96. The first-order valence-electron chi connectivity index (χ1n) is 10.7. The fourth-order valence-corrected chi connectivity index (χ4v) is 3.55. The maximum Gasteiger partial charge on any atom is 0.251 e. The Hall–Kier alpha value is -3.60. The van der Waals surface area contributed by atoms with Crippen molar-refractivity contribution < 1.29 is 9.18 Å². The number of rotatable bonds is 6. The fraction of sp³-hybridized carbons (Fsp3) is 0.222. The summed E-state index contributed by atoms with van der Waals surface area (Å²) in [7, 11) is 0. The highest BCUT2D eigenvalue weighted by atomic mass is 19.1. The predicted molar refractivity (Wildman–Crippen MR) is 133 cm³/mol. The van der Waals surface area contributed by atoms with E-state index < -0.39 is 0 Å². The number of hydrogen-bond acceptors (Lipinski definition) is 3. The Bertz CT molecular complexity index is 1180. The summed E-state index contributed by atoms with van der Waals surface area (Å²) >= 11 is 0. The monoisotopic (exact) mass is 431 g/mol. The van der Waals surface area contributed by atoms with Crippen molar-refractivity contribution in [3.05, 3.63) is 82.7 Å². The van der Waals surface area contributed by atoms with Gasteiger partial charge in [0.05, 0.1) is 17.1 Å². The quantitative estimate of drug-likeness (QED) is 0.306. The number of aryl methyl sites for hydroxylation is 2. The molecule has 0 unspecified atom stereocenters. The van der Waals surface area contributed by atoms with Crippen LogP contribution in [0, 0.1) is 19.7 Å². The molecule has 0 fully saturated rings. The van der Waals surface area contributed by atoms with Crippen LogP contribution in [-0.4, -0.2) is 11.9 Å². The Morgan fingerprint density at radius 2 is 1.72 bits per heavy atom. The van der Waals surface area contributed by atoms with E-state index in [0.29, 0.717) is 22.6 Å². The molecule has 5 heteroatoms. The van der Waals surface area contributed by atoms with Crippen LogP contribution in [0.4, 0.5) is 21.5 Å². The predicted octanol–water partition coefficient (Wildman–Crippen LogP) is 6.55. The van der Waals surface area contributed by atoms with Crippen LogP contribution in [0.15, 0.2) is 60.2 Å². The van der Waals surface area contributed by atoms with Crippen molar-refractivity contribution in [3.63, 3.8) is 0 Å². The van der Waals surface area contributed by atoms with E-state index in [2.05, 4.69) is 10.6 Å². The average Bonchev–Trinajstić information content (AvgIpc) is 2.73. The zero-order valence-corrected chi connectivity index (χ0v) is 19.2. The fourth-order valence-electron chi connectivity index (χ4n) is 3.55. The van der Waals surface area contributed by atoms with Gasteiger partial charge in [-0.25, -0.2) is 4.39 Å². The maximum absolute atomic E-state index is 14.6. The number of nitrogens with two attached hydrogens (primary N) is 1. The zero-order chi connectivity index (χ0) is 23.4. The molecule has 0 aliphatic heterocycles. The van der Waals surface area contributed by atoms with Crippen molar-refractivity contribution in [2.75, 3.05) is 16.4 Å². The van der Waals surface area contributed by atoms with Crippen LogP contribution in [0.5, 0.6) is 0 Å². The van der Waals surface area contributed by atoms with Crippen molar-refractivity contribution in [2.45, 2.75) is 40.7 Å². The van der Waals surface area contributed by atoms with Crippen molar-refractivity contribution in [1.29, 1.82) is 0 Å². The summed E-state index contributed by atoms with van der Waals surface area (Å²) in [6, 6.07) is 16.6. The Labute approximate surface area is 189 Å². The van der Waals surface area contributed by atoms with Gasteiger partial charge in [-0.15, -0.1) is 0 Å². The van der Waals surface area contributed by atoms with Crippen molar-refractivity contribution >= 4 is 29.0 Å². The van der Waals surface area contributed by atoms with E-state index >= 15 is 0 Å². The van der Waals surface area contributed by atoms with Gasteiger partial charge in [0.1, 0.15) is 5.82 Å². The second-order valence-electron chi connectivity index (χ2n) is 8.39. The molecule has 3 rings (SSSR count). The normalized spacial score (nSPS) is 11.5. The standard InChI is InChI=1S/C27H30FN3O/c1-16(2)30-25-11-10-20(15-23(25)28)22-14-17(3)21(12-18(22)4)13-19(5)27(32)31-26-9-7-6-8-24(26)29/h6-16,30H,29H2,1-5H3,(H,31,32)/b19-13+. The molecule has 0 saturated heterocycles. The van der Waals surface area contributed by atoms with Crippen LogP contribution in [-0.2, 0) is 4.79 Å². The smallest absolute Gasteiger partial charge is 0.251 e. The van der Waals surface area contributed by atoms with Gasteiger partial charge in [-0.3, -0.25) is 4.79 Å². The summed E-state index contributed by atoms with van der Waals surface area (Å²) in [6.45, 7) is 9.70. The van der Waals surface area contributed by atoms with E-state index in [1.54, 1.807) is 31.2 Å². The lowest BCUT2D eigenvalue weighted by atomic mass is 9.94. The first kappa shape index (κ1) is 23.1. The molecule has 0 aromatic heterocycles. The zero-order valence-electron chi connectivity index (χ0n) is 19.2. The molecule has 3 aromatic rings. The molecule has 166 valence electrons. The van der Waals surface area contributed by atoms with Gasteiger partial charge < -0.3 is 16.4 Å². The number of nitrogens with one attached hydrogen (secondary N) is 2. The number of nitrogen functional groups attached to an aromatic ring is 1. The van der Waals surface area contributed by atoms with Gasteiger partial charge in [-0.2, -0.15) is 0 Å². The van der Waals surface area contributed by atoms with E-state index in [-0.39, 0.29) is 17.8 Å². The second kappa shape index (κ2) is 9.69. The van der Waals surface area contributed by atoms with Gasteiger partial charge in [-0.1, -0.05) is 30.3 Å². The molecule has 4 N–H and O–H groups in total. The third-order valence-corrected chi connectivity index (χ3v) is 5.28. The average molecular weight is 432 g/mol. The summed E-state index contributed by atoms with van der Waals surface area (Å²) in [6.07, 6.45) is 1.86. The third-order valence-electron chi connectivity index (χ3n) is 5.28. The molecule has 4 nitrogen and oxygen atoms in total. The Morgan fingerprint density at radius 3 is 2.38 bits per heavy atom. The first-order chi connectivity index (χ1) is 15.2. The lowest BCUT2D eigenvalue weighted by Gasteiger charge is -2.14. The topological polar surface area (TPSA) is 67.2 Å². The number of para-hydroxylation sites is 2. The lowest BCUT2D eigenvalue weighted by Crippen LogP contribution is -2.13. The Kier molecular flexibility index (Phi) is 6.98. The van der Waals surface area contributed by atoms with E-state index in [9.17, 15) is 9.18 Å². The number of anilines is 3. The third kappa shape index (κ3) is 5.35. The minimum atomic E-state index is -0.273. The van der Waals surface area contributed by atoms with Gasteiger partial charge in [0.2, 0.25) is 0 Å². The molecule has 0 atom stereocenters. The van der Waals surface area contributed by atoms with E-state index in [1.807, 2.05) is 64.1 Å². The highest BCUT2D eigenvalue weighted by molar-refractivity contribution is 6.07. The minimum absolute atomic E-state index is 0.157. The van der Waals surface area contributed by atoms with Gasteiger partial charge in [0, 0.05) is 11.6 Å². The molecule has 0 spiro atoms. The van der Waals surface area contributed by atoms with Crippen LogP contribution in [0.2, 0.25) is 0 Å². The summed E-state index contributed by atoms with van der Waals surface area (Å²) < 4.78 is 14.6. The largest absolute Gasteiger partial charge is 0.397 e. The Morgan fingerprint density at radius 1 is 1.00 bits per heavy atom. The molecule has 0 aliphatic rings. The van der Waals surface area contributed by atoms with Crippen molar-refractivity contribution in [2.24, 2.45) is 0 Å². The minimum Gasteiger partial charge on any atom is -0.397 e. The van der Waals surface area contributed by atoms with Crippen LogP contribution in [0.1, 0.15) is 37.5 Å². The summed E-state index contributed by atoms with van der Waals surface area (Å²) in [4.78, 5) is 12.6. The van der Waals surface area contributed by atoms with Crippen molar-refractivity contribution in [3.8, 4) is 11.1 Å². The number of hydrogen-bond donors (Lipinski definition) is 3. The van der Waals surface area contributed by atoms with Gasteiger partial charge in [-0.05, 0) is 92.8 Å². The molecule has 0 bridgehead atoms. The number of benzene rings is 3. The van der Waals surface area contributed by atoms with Gasteiger partial charge >= 0.3 is 0 Å². The number of carbonyl (C=O) groups is 1. The van der Waals surface area contributed by atoms with Crippen LogP contribution >= 0.6 is 0 Å². The maximum atomic E-state index is 14.6. The summed E-state index contributed by atoms with van der Waals surface area (Å²) in [5.74, 6) is -0.482. The highest BCUT2D eigenvalue weighted by Gasteiger charge is 2.12. The van der Waals surface area contributed by atoms with E-state index in [1.165, 1.54) is 0 Å². The molecular weight excluding hydrogens is 401 g/mol. The molecule has 3 aromatic carbocycles. The van der Waals surface area contributed by atoms with Crippen LogP contribution < -0.4 is 16.4 Å². The van der Waals surface area contributed by atoms with Gasteiger partial charge in [0.15, 0.2) is 0 Å². The molecular formula is C27H30FN3O. The molecule has 0 radical (unpaired) electrons. The van der Waals surface area contributed by atoms with Crippen LogP contribution in [0.25, 0.3) is 17.2 Å². The lowest BCUT2D eigenvalue weighted by molar-refractivity contribution is -0.112. The van der Waals surface area contributed by atoms with E-state index in [4.69, 9.17) is 5.73 Å². The molecule has 0 saturated carbocycles. The van der Waals surface area contributed by atoms with Crippen LogP contribution in [0.3, 0.4) is 0 Å². The Balaban J connectivity index is 1.86. The molecule has 1 amide bonds. The second-order valence-corrected chi connectivity index (χ2v) is 8.39. The molecule has 0 aliphatic carbocycles. The molecule has 0 heterocycles. The number of carbonyl (C=O) groups excluding carboxylic acids is 1. The van der Waals surface area contributed by atoms with E-state index in [0.717, 1.165) is 27.8 Å². The summed E-state index contributed by atoms with van der Waals surface area (Å²) in [5.41, 5.74) is 12.8. The number of amides is 1. The van der Waals surface area contributed by atoms with Gasteiger partial charge in [0.25, 0.3) is 5.91 Å². The SMILES string of the molecule is C/C(=C\c1cc(C)c(-c2ccc(NC(C)C)c(F)c2)cc1C)C(=O)Nc1ccccc1N. The van der Waals surface area contributed by atoms with Crippen molar-refractivity contribution in [1.82, 2.24) is 0 Å². The highest BCUT2D eigenvalue weighted by Crippen LogP contribution is 2.30. The molecule has 32 heavy (non-hydrogen) atoms. The number of halogens is 1. The first-order valence-corrected chi connectivity index (χ1v) is 10.7.